The third-order valence-electron chi connectivity index (χ3n) is 2.66. The maximum atomic E-state index is 9.04. The zero-order chi connectivity index (χ0) is 8.16. The predicted molar refractivity (Wildman–Crippen MR) is 46.3 cm³/mol. The number of aliphatic hydroxyl groups excluding tert-OH is 1. The molecule has 1 aliphatic rings. The number of hydrogen-bond donors (Lipinski definition) is 2. The Balaban J connectivity index is 2.37. The molecule has 0 unspecified atom stereocenters. The van der Waals surface area contributed by atoms with Gasteiger partial charge in [0, 0.05) is 5.54 Å². The summed E-state index contributed by atoms with van der Waals surface area (Å²) in [6.07, 6.45) is 8.32. The van der Waals surface area contributed by atoms with E-state index in [-0.39, 0.29) is 12.1 Å². The first-order valence-corrected chi connectivity index (χ1v) is 4.67. The summed E-state index contributed by atoms with van der Waals surface area (Å²) in [6.45, 7) is 0.160. The van der Waals surface area contributed by atoms with Crippen LogP contribution in [0.1, 0.15) is 44.9 Å². The van der Waals surface area contributed by atoms with Crippen molar-refractivity contribution < 1.29 is 5.11 Å². The molecule has 0 atom stereocenters. The molecule has 2 heteroatoms. The maximum Gasteiger partial charge on any atom is 0.0611 e. The van der Waals surface area contributed by atoms with Crippen LogP contribution in [-0.2, 0) is 0 Å². The zero-order valence-corrected chi connectivity index (χ0v) is 7.18. The third-order valence-corrected chi connectivity index (χ3v) is 2.66. The molecular formula is C9H19NO. The van der Waals surface area contributed by atoms with Gasteiger partial charge in [0.05, 0.1) is 6.61 Å². The lowest BCUT2D eigenvalue weighted by atomic mass is 9.86. The Hall–Kier alpha value is -0.0800. The summed E-state index contributed by atoms with van der Waals surface area (Å²) >= 11 is 0. The first-order chi connectivity index (χ1) is 5.27. The Labute approximate surface area is 68.8 Å². The fourth-order valence-electron chi connectivity index (χ4n) is 1.77. The van der Waals surface area contributed by atoms with Crippen LogP contribution >= 0.6 is 0 Å². The lowest BCUT2D eigenvalue weighted by Crippen LogP contribution is -2.43. The highest BCUT2D eigenvalue weighted by Gasteiger charge is 2.23. The highest BCUT2D eigenvalue weighted by atomic mass is 16.3. The normalized spacial score (nSPS) is 25.6. The Morgan fingerprint density at radius 2 is 1.45 bits per heavy atom. The number of nitrogens with two attached hydrogens (primary N) is 1. The average Bonchev–Trinajstić information content (AvgIpc) is 1.98. The molecule has 0 heterocycles. The van der Waals surface area contributed by atoms with Gasteiger partial charge in [0.2, 0.25) is 0 Å². The van der Waals surface area contributed by atoms with Crippen LogP contribution in [0.15, 0.2) is 0 Å². The van der Waals surface area contributed by atoms with E-state index in [2.05, 4.69) is 0 Å². The minimum Gasteiger partial charge on any atom is -0.394 e. The average molecular weight is 157 g/mol. The largest absolute Gasteiger partial charge is 0.394 e. The molecule has 1 aliphatic carbocycles. The van der Waals surface area contributed by atoms with Gasteiger partial charge in [-0.15, -0.1) is 0 Å². The second kappa shape index (κ2) is 4.07. The van der Waals surface area contributed by atoms with Crippen molar-refractivity contribution in [2.45, 2.75) is 50.5 Å². The molecule has 11 heavy (non-hydrogen) atoms. The molecule has 1 rings (SSSR count). The van der Waals surface area contributed by atoms with E-state index in [0.717, 1.165) is 12.8 Å². The van der Waals surface area contributed by atoms with Gasteiger partial charge in [0.15, 0.2) is 0 Å². The van der Waals surface area contributed by atoms with Gasteiger partial charge < -0.3 is 10.8 Å². The van der Waals surface area contributed by atoms with Gasteiger partial charge in [0.1, 0.15) is 0 Å². The van der Waals surface area contributed by atoms with Crippen molar-refractivity contribution in [3.05, 3.63) is 0 Å². The Kier molecular flexibility index (Phi) is 3.34. The standard InChI is InChI=1S/C9H19NO/c10-9(8-11)6-4-2-1-3-5-7-9/h11H,1-8,10H2. The predicted octanol–water partition coefficient (Wildman–Crippen LogP) is 1.42. The molecule has 0 aliphatic heterocycles. The van der Waals surface area contributed by atoms with Gasteiger partial charge >= 0.3 is 0 Å². The summed E-state index contributed by atoms with van der Waals surface area (Å²) in [5.41, 5.74) is 5.73. The second-order valence-electron chi connectivity index (χ2n) is 3.79. The van der Waals surface area contributed by atoms with Crippen LogP contribution in [0, 0.1) is 0 Å². The van der Waals surface area contributed by atoms with Gasteiger partial charge in [-0.05, 0) is 12.8 Å². The van der Waals surface area contributed by atoms with Crippen LogP contribution in [0.4, 0.5) is 0 Å². The van der Waals surface area contributed by atoms with Crippen molar-refractivity contribution in [3.8, 4) is 0 Å². The third kappa shape index (κ3) is 2.80. The molecule has 0 amide bonds. The fraction of sp³-hybridized carbons (Fsp3) is 1.00. The van der Waals surface area contributed by atoms with Crippen LogP contribution in [-0.4, -0.2) is 17.3 Å². The molecule has 1 saturated carbocycles. The Morgan fingerprint density at radius 1 is 1.00 bits per heavy atom. The topological polar surface area (TPSA) is 46.2 Å². The van der Waals surface area contributed by atoms with Crippen molar-refractivity contribution in [1.82, 2.24) is 0 Å². The fourth-order valence-corrected chi connectivity index (χ4v) is 1.77. The first-order valence-electron chi connectivity index (χ1n) is 4.67. The Bertz CT molecular complexity index is 106. The molecule has 0 aromatic rings. The minimum absolute atomic E-state index is 0.160. The van der Waals surface area contributed by atoms with E-state index >= 15 is 0 Å². The van der Waals surface area contributed by atoms with E-state index in [1.165, 1.54) is 32.1 Å². The van der Waals surface area contributed by atoms with Crippen molar-refractivity contribution >= 4 is 0 Å². The number of hydrogen-bond acceptors (Lipinski definition) is 2. The molecule has 0 bridgehead atoms. The van der Waals surface area contributed by atoms with E-state index in [0.29, 0.717) is 0 Å². The van der Waals surface area contributed by atoms with Crippen LogP contribution in [0.5, 0.6) is 0 Å². The Morgan fingerprint density at radius 3 is 1.91 bits per heavy atom. The van der Waals surface area contributed by atoms with Crippen LogP contribution in [0.2, 0.25) is 0 Å². The molecule has 2 nitrogen and oxygen atoms in total. The van der Waals surface area contributed by atoms with E-state index in [1.54, 1.807) is 0 Å². The van der Waals surface area contributed by atoms with Gasteiger partial charge in [-0.2, -0.15) is 0 Å². The molecule has 0 aromatic heterocycles. The van der Waals surface area contributed by atoms with E-state index in [9.17, 15) is 0 Å². The summed E-state index contributed by atoms with van der Waals surface area (Å²) in [7, 11) is 0. The first kappa shape index (κ1) is 9.01. The molecule has 1 fully saturated rings. The molecule has 0 radical (unpaired) electrons. The monoisotopic (exact) mass is 157 g/mol. The molecule has 66 valence electrons. The lowest BCUT2D eigenvalue weighted by molar-refractivity contribution is 0.166. The molecule has 0 saturated heterocycles. The second-order valence-corrected chi connectivity index (χ2v) is 3.79. The van der Waals surface area contributed by atoms with Gasteiger partial charge in [0.25, 0.3) is 0 Å². The SMILES string of the molecule is NC1(CO)CCCCCCC1. The minimum atomic E-state index is -0.250. The van der Waals surface area contributed by atoms with Crippen LogP contribution < -0.4 is 5.73 Å². The van der Waals surface area contributed by atoms with Gasteiger partial charge in [-0.25, -0.2) is 0 Å². The summed E-state index contributed by atoms with van der Waals surface area (Å²) in [6, 6.07) is 0. The van der Waals surface area contributed by atoms with Crippen molar-refractivity contribution in [2.24, 2.45) is 5.73 Å². The molecule has 0 spiro atoms. The molecular weight excluding hydrogens is 138 g/mol. The highest BCUT2D eigenvalue weighted by molar-refractivity contribution is 4.84. The molecule has 0 aromatic carbocycles. The van der Waals surface area contributed by atoms with Crippen molar-refractivity contribution in [2.75, 3.05) is 6.61 Å². The number of aliphatic hydroxyl groups is 1. The summed E-state index contributed by atoms with van der Waals surface area (Å²) in [4.78, 5) is 0. The summed E-state index contributed by atoms with van der Waals surface area (Å²) < 4.78 is 0. The lowest BCUT2D eigenvalue weighted by Gasteiger charge is -2.28. The van der Waals surface area contributed by atoms with Crippen LogP contribution in [0.3, 0.4) is 0 Å². The quantitative estimate of drug-likeness (QED) is 0.604. The smallest absolute Gasteiger partial charge is 0.0611 e. The van der Waals surface area contributed by atoms with E-state index in [1.807, 2.05) is 0 Å². The summed E-state index contributed by atoms with van der Waals surface area (Å²) in [5.74, 6) is 0. The number of rotatable bonds is 1. The van der Waals surface area contributed by atoms with Crippen LogP contribution in [0.25, 0.3) is 0 Å². The van der Waals surface area contributed by atoms with Crippen molar-refractivity contribution in [1.29, 1.82) is 0 Å². The zero-order valence-electron chi connectivity index (χ0n) is 7.18. The maximum absolute atomic E-state index is 9.04. The highest BCUT2D eigenvalue weighted by Crippen LogP contribution is 2.23. The summed E-state index contributed by atoms with van der Waals surface area (Å²) in [5, 5.41) is 9.04. The van der Waals surface area contributed by atoms with E-state index < -0.39 is 0 Å². The van der Waals surface area contributed by atoms with Gasteiger partial charge in [-0.3, -0.25) is 0 Å². The molecule has 3 N–H and O–H groups in total. The van der Waals surface area contributed by atoms with Crippen molar-refractivity contribution in [3.63, 3.8) is 0 Å². The van der Waals surface area contributed by atoms with Gasteiger partial charge in [-0.1, -0.05) is 32.1 Å². The van der Waals surface area contributed by atoms with E-state index in [4.69, 9.17) is 10.8 Å².